The van der Waals surface area contributed by atoms with Gasteiger partial charge in [-0.05, 0) is 25.3 Å². The van der Waals surface area contributed by atoms with Gasteiger partial charge in [0.2, 0.25) is 0 Å². The van der Waals surface area contributed by atoms with Crippen molar-refractivity contribution in [1.82, 2.24) is 4.90 Å². The van der Waals surface area contributed by atoms with Crippen LogP contribution in [0.2, 0.25) is 0 Å². The van der Waals surface area contributed by atoms with Gasteiger partial charge in [-0.1, -0.05) is 0 Å². The van der Waals surface area contributed by atoms with Crippen LogP contribution in [-0.4, -0.2) is 49.1 Å². The topological polar surface area (TPSA) is 55.6 Å². The van der Waals surface area contributed by atoms with Crippen LogP contribution < -0.4 is 5.73 Å². The maximum atomic E-state index is 12.2. The first-order valence-corrected chi connectivity index (χ1v) is 5.84. The zero-order valence-electron chi connectivity index (χ0n) is 10.3. The summed E-state index contributed by atoms with van der Waals surface area (Å²) in [6.45, 7) is 0.420. The Kier molecular flexibility index (Phi) is 5.11. The summed E-state index contributed by atoms with van der Waals surface area (Å²) in [5.41, 5.74) is 5.39. The Morgan fingerprint density at radius 1 is 1.15 bits per heavy atom. The van der Waals surface area contributed by atoms with E-state index in [4.69, 9.17) is 5.73 Å². The second kappa shape index (κ2) is 6.06. The Balaban J connectivity index is 2.64. The Morgan fingerprint density at radius 3 is 1.95 bits per heavy atom. The number of hydrogen-bond acceptors (Lipinski definition) is 3. The molecule has 20 heavy (non-hydrogen) atoms. The molecule has 0 spiro atoms. The number of rotatable bonds is 2. The fraction of sp³-hybridized carbons (Fsp3) is 0.900. The van der Waals surface area contributed by atoms with E-state index in [1.54, 1.807) is 0 Å². The van der Waals surface area contributed by atoms with Gasteiger partial charge in [-0.2, -0.15) is 26.3 Å². The minimum atomic E-state index is -5.69. The van der Waals surface area contributed by atoms with Gasteiger partial charge >= 0.3 is 18.4 Å². The van der Waals surface area contributed by atoms with E-state index in [2.05, 4.69) is 4.74 Å². The van der Waals surface area contributed by atoms with Crippen molar-refractivity contribution in [2.75, 3.05) is 19.6 Å². The van der Waals surface area contributed by atoms with Crippen LogP contribution in [-0.2, 0) is 4.74 Å². The lowest BCUT2D eigenvalue weighted by atomic mass is 9.97. The number of carbonyl (C=O) groups excluding carboxylic acids is 1. The number of nitrogens with two attached hydrogens (primary N) is 1. The highest BCUT2D eigenvalue weighted by Gasteiger charge is 2.60. The van der Waals surface area contributed by atoms with E-state index in [-0.39, 0.29) is 19.0 Å². The van der Waals surface area contributed by atoms with Crippen LogP contribution in [0, 0.1) is 5.92 Å². The predicted molar refractivity (Wildman–Crippen MR) is 55.7 cm³/mol. The Hall–Kier alpha value is -1.19. The molecule has 10 heteroatoms. The molecule has 0 aromatic heterocycles. The molecule has 118 valence electrons. The van der Waals surface area contributed by atoms with Crippen LogP contribution in [0.5, 0.6) is 0 Å². The lowest BCUT2D eigenvalue weighted by molar-refractivity contribution is -0.308. The fourth-order valence-electron chi connectivity index (χ4n) is 1.85. The van der Waals surface area contributed by atoms with Crippen LogP contribution in [0.15, 0.2) is 0 Å². The number of alkyl halides is 6. The molecule has 0 saturated carbocycles. The molecule has 1 fully saturated rings. The first-order valence-electron chi connectivity index (χ1n) is 5.84. The molecule has 1 aliphatic rings. The minimum Gasteiger partial charge on any atom is -0.426 e. The summed E-state index contributed by atoms with van der Waals surface area (Å²) in [6, 6.07) is 0. The highest BCUT2D eigenvalue weighted by molar-refractivity contribution is 5.68. The molecular formula is C10H14F6N2O2. The molecule has 0 aromatic rings. The summed E-state index contributed by atoms with van der Waals surface area (Å²) < 4.78 is 77.0. The second-order valence-electron chi connectivity index (χ2n) is 4.51. The Labute approximate surface area is 110 Å². The average Bonchev–Trinajstić information content (AvgIpc) is 2.33. The van der Waals surface area contributed by atoms with E-state index in [1.165, 1.54) is 0 Å². The van der Waals surface area contributed by atoms with Crippen LogP contribution in [0.4, 0.5) is 31.1 Å². The molecule has 0 aromatic carbocycles. The van der Waals surface area contributed by atoms with Crippen molar-refractivity contribution in [3.05, 3.63) is 0 Å². The molecule has 0 atom stereocenters. The maximum Gasteiger partial charge on any atom is 0.434 e. The zero-order valence-corrected chi connectivity index (χ0v) is 10.3. The van der Waals surface area contributed by atoms with Gasteiger partial charge in [0.25, 0.3) is 6.10 Å². The van der Waals surface area contributed by atoms with Gasteiger partial charge in [-0.15, -0.1) is 0 Å². The quantitative estimate of drug-likeness (QED) is 0.796. The number of ether oxygens (including phenoxy) is 1. The summed E-state index contributed by atoms with van der Waals surface area (Å²) in [4.78, 5) is 12.2. The van der Waals surface area contributed by atoms with Crippen LogP contribution in [0.25, 0.3) is 0 Å². The molecule has 4 nitrogen and oxygen atoms in total. The number of amides is 1. The first-order chi connectivity index (χ1) is 9.05. The summed E-state index contributed by atoms with van der Waals surface area (Å²) in [6.07, 6.45) is -16.2. The number of hydrogen-bond donors (Lipinski definition) is 1. The SMILES string of the molecule is NCC1CCN(C(=O)OC(C(F)(F)F)C(F)(F)F)CC1. The van der Waals surface area contributed by atoms with Crippen LogP contribution in [0.1, 0.15) is 12.8 Å². The number of nitrogens with zero attached hydrogens (tertiary/aromatic N) is 1. The second-order valence-corrected chi connectivity index (χ2v) is 4.51. The number of piperidine rings is 1. The molecule has 1 amide bonds. The van der Waals surface area contributed by atoms with Gasteiger partial charge < -0.3 is 15.4 Å². The van der Waals surface area contributed by atoms with Crippen molar-refractivity contribution in [1.29, 1.82) is 0 Å². The molecule has 0 radical (unpaired) electrons. The van der Waals surface area contributed by atoms with Crippen molar-refractivity contribution in [3.63, 3.8) is 0 Å². The van der Waals surface area contributed by atoms with Crippen molar-refractivity contribution >= 4 is 6.09 Å². The standard InChI is InChI=1S/C10H14F6N2O2/c11-9(12,13)7(10(14,15)16)20-8(19)18-3-1-6(5-17)2-4-18/h6-7H,1-5,17H2. The van der Waals surface area contributed by atoms with Gasteiger partial charge in [-0.25, -0.2) is 4.79 Å². The lowest BCUT2D eigenvalue weighted by Crippen LogP contribution is -2.49. The van der Waals surface area contributed by atoms with E-state index >= 15 is 0 Å². The third kappa shape index (κ3) is 4.43. The molecular weight excluding hydrogens is 294 g/mol. The minimum absolute atomic E-state index is 0.0309. The molecule has 1 heterocycles. The third-order valence-corrected chi connectivity index (χ3v) is 3.02. The normalized spacial score (nSPS) is 18.5. The number of likely N-dealkylation sites (tertiary alicyclic amines) is 1. The van der Waals surface area contributed by atoms with Gasteiger partial charge in [0.1, 0.15) is 0 Å². The van der Waals surface area contributed by atoms with Crippen molar-refractivity contribution in [2.24, 2.45) is 11.7 Å². The summed E-state index contributed by atoms with van der Waals surface area (Å²) in [5.74, 6) is 0.111. The summed E-state index contributed by atoms with van der Waals surface area (Å²) in [5, 5.41) is 0. The van der Waals surface area contributed by atoms with E-state index < -0.39 is 24.5 Å². The molecule has 1 rings (SSSR count). The van der Waals surface area contributed by atoms with Crippen molar-refractivity contribution < 1.29 is 35.9 Å². The first kappa shape index (κ1) is 16.9. The number of carbonyl (C=O) groups is 1. The Morgan fingerprint density at radius 2 is 1.60 bits per heavy atom. The van der Waals surface area contributed by atoms with Crippen LogP contribution in [0.3, 0.4) is 0 Å². The summed E-state index contributed by atoms with van der Waals surface area (Å²) >= 11 is 0. The fourth-order valence-corrected chi connectivity index (χ4v) is 1.85. The predicted octanol–water partition coefficient (Wildman–Crippen LogP) is 2.29. The average molecular weight is 308 g/mol. The van der Waals surface area contributed by atoms with Gasteiger partial charge in [0.05, 0.1) is 0 Å². The number of halogens is 6. The van der Waals surface area contributed by atoms with E-state index in [0.717, 1.165) is 4.90 Å². The molecule has 2 N–H and O–H groups in total. The van der Waals surface area contributed by atoms with Gasteiger partial charge in [0, 0.05) is 13.1 Å². The van der Waals surface area contributed by atoms with Gasteiger partial charge in [0.15, 0.2) is 0 Å². The maximum absolute atomic E-state index is 12.2. The molecule has 0 bridgehead atoms. The highest BCUT2D eigenvalue weighted by atomic mass is 19.4. The molecule has 0 aliphatic carbocycles. The largest absolute Gasteiger partial charge is 0.434 e. The van der Waals surface area contributed by atoms with Crippen molar-refractivity contribution in [3.8, 4) is 0 Å². The van der Waals surface area contributed by atoms with E-state index in [0.29, 0.717) is 19.4 Å². The molecule has 1 saturated heterocycles. The summed E-state index contributed by atoms with van der Waals surface area (Å²) in [7, 11) is 0. The van der Waals surface area contributed by atoms with Gasteiger partial charge in [-0.3, -0.25) is 0 Å². The monoisotopic (exact) mass is 308 g/mol. The third-order valence-electron chi connectivity index (χ3n) is 3.02. The smallest absolute Gasteiger partial charge is 0.426 e. The lowest BCUT2D eigenvalue weighted by Gasteiger charge is -2.32. The zero-order chi connectivity index (χ0) is 15.6. The van der Waals surface area contributed by atoms with E-state index in [1.807, 2.05) is 0 Å². The molecule has 0 unspecified atom stereocenters. The molecule has 1 aliphatic heterocycles. The highest BCUT2D eigenvalue weighted by Crippen LogP contribution is 2.36. The van der Waals surface area contributed by atoms with Crippen molar-refractivity contribution in [2.45, 2.75) is 31.3 Å². The van der Waals surface area contributed by atoms with Crippen LogP contribution >= 0.6 is 0 Å². The Bertz CT molecular complexity index is 322. The van der Waals surface area contributed by atoms with E-state index in [9.17, 15) is 31.1 Å².